The summed E-state index contributed by atoms with van der Waals surface area (Å²) in [6, 6.07) is -1.38. The van der Waals surface area contributed by atoms with Crippen molar-refractivity contribution in [2.24, 2.45) is 17.8 Å². The quantitative estimate of drug-likeness (QED) is 0.00962. The molecule has 2 heterocycles. The van der Waals surface area contributed by atoms with E-state index in [9.17, 15) is 112 Å². The predicted octanol–water partition coefficient (Wildman–Crippen LogP) is 3.29. The highest BCUT2D eigenvalue weighted by molar-refractivity contribution is 8.76. The first-order valence-electron chi connectivity index (χ1n) is 39.7. The Morgan fingerprint density at radius 2 is 1.24 bits per heavy atom. The number of likely N-dealkylation sites (tertiary alicyclic amines) is 1. The zero-order chi connectivity index (χ0) is 91.6. The monoisotopic (exact) mass is 1790 g/mol. The van der Waals surface area contributed by atoms with Crippen molar-refractivity contribution in [3.8, 4) is 5.75 Å². The molecule has 1 aliphatic heterocycles. The standard InChI is InChI=1S/C78H112N14O28S3/c1-9-15-64(102)119-41-92(72(108)65(43(5)10-2)88-70(107)57-17-12-14-29-91(57)8)58(42(3)4)37-59(120-45(7)93)71-85-55(39-121-71)69(106)81-49(33-46-22-24-50(94)25-23-46)32-44(6)66(103)89-90-78(117)118-30-31-122-123-40-56(75(113)114)84-68(105)54(36-63(100)101)83-67(104)53(35-62(98)99)82-60(95)34-47-18-20-48(21-19-47)38-80-76(115)79-28-13-11-16-51(73(109)110)86-77(116)87-52(74(111)112)26-27-61(96)97/h18-25,39,42-44,49,51-54,56-59,65,94H,9-17,26-38,40-41H2,1-8H3,(H,81,106)(H,82,95)(H,83,104)(H,84,105)(H,88,107)(H,89,103)(H,90,117)(H,96,97)(H,98,99)(H,100,101)(H,109,110)(H,111,112)(H,113,114)(H2,79,80,115)(H2,86,87,116). The first-order valence-corrected chi connectivity index (χ1v) is 43.1. The molecular formula is C78H112N14O28S3. The molecule has 0 bridgehead atoms. The van der Waals surface area contributed by atoms with E-state index >= 15 is 4.79 Å². The van der Waals surface area contributed by atoms with E-state index in [0.29, 0.717) is 42.5 Å². The van der Waals surface area contributed by atoms with Gasteiger partial charge in [0.25, 0.3) is 5.91 Å². The summed E-state index contributed by atoms with van der Waals surface area (Å²) in [5, 5.41) is 90.2. The van der Waals surface area contributed by atoms with Crippen LogP contribution in [0.5, 0.6) is 5.75 Å². The van der Waals surface area contributed by atoms with Crippen molar-refractivity contribution in [1.82, 2.24) is 73.5 Å². The van der Waals surface area contributed by atoms with E-state index in [1.807, 2.05) is 45.0 Å². The Morgan fingerprint density at radius 1 is 0.634 bits per heavy atom. The number of hydrogen-bond acceptors (Lipinski definition) is 27. The number of nitrogens with one attached hydrogen (secondary N) is 11. The van der Waals surface area contributed by atoms with Gasteiger partial charge in [-0.2, -0.15) is 0 Å². The number of urea groups is 2. The second-order valence-corrected chi connectivity index (χ2v) is 33.0. The molecule has 1 aliphatic rings. The van der Waals surface area contributed by atoms with Crippen LogP contribution < -0.4 is 58.7 Å². The third kappa shape index (κ3) is 39.0. The number of carboxylic acid groups (broad SMARTS) is 6. The van der Waals surface area contributed by atoms with Crippen LogP contribution in [0.2, 0.25) is 0 Å². The van der Waals surface area contributed by atoms with E-state index in [1.54, 1.807) is 19.1 Å². The Morgan fingerprint density at radius 3 is 1.83 bits per heavy atom. The summed E-state index contributed by atoms with van der Waals surface area (Å²) in [7, 11) is 3.70. The van der Waals surface area contributed by atoms with Gasteiger partial charge < -0.3 is 103 Å². The van der Waals surface area contributed by atoms with Crippen LogP contribution in [0.3, 0.4) is 0 Å². The number of hydrazine groups is 1. The lowest BCUT2D eigenvalue weighted by Gasteiger charge is -2.39. The zero-order valence-electron chi connectivity index (χ0n) is 69.4. The minimum Gasteiger partial charge on any atom is -0.508 e. The molecule has 12 unspecified atom stereocenters. The van der Waals surface area contributed by atoms with Crippen LogP contribution in [0.4, 0.5) is 14.4 Å². The molecule has 2 aromatic carbocycles. The van der Waals surface area contributed by atoms with Crippen molar-refractivity contribution in [3.05, 3.63) is 81.3 Å². The van der Waals surface area contributed by atoms with Gasteiger partial charge >= 0.3 is 65.9 Å². The van der Waals surface area contributed by atoms with Gasteiger partial charge in [0.1, 0.15) is 59.3 Å². The molecule has 0 spiro atoms. The Labute approximate surface area is 720 Å². The van der Waals surface area contributed by atoms with Gasteiger partial charge in [-0.3, -0.25) is 67.9 Å². The number of unbranched alkanes of at least 4 members (excludes halogenated alkanes) is 1. The molecule has 123 heavy (non-hydrogen) atoms. The van der Waals surface area contributed by atoms with Crippen molar-refractivity contribution in [2.45, 2.75) is 225 Å². The summed E-state index contributed by atoms with van der Waals surface area (Å²) in [5.41, 5.74) is 5.82. The molecule has 45 heteroatoms. The minimum absolute atomic E-state index is 0.00261. The van der Waals surface area contributed by atoms with E-state index < -0.39 is 207 Å². The molecular weight excluding hydrogens is 1680 g/mol. The maximum absolute atomic E-state index is 15.0. The Kier molecular flexibility index (Phi) is 45.6. The number of phenolic OH excluding ortho intramolecular Hbond substituents is 1. The molecule has 0 radical (unpaired) electrons. The number of rotatable bonds is 54. The van der Waals surface area contributed by atoms with Gasteiger partial charge in [0.05, 0.1) is 25.3 Å². The van der Waals surface area contributed by atoms with Crippen LogP contribution >= 0.6 is 32.9 Å². The van der Waals surface area contributed by atoms with Crippen LogP contribution in [0, 0.1) is 17.8 Å². The minimum atomic E-state index is -2.00. The van der Waals surface area contributed by atoms with E-state index in [0.717, 1.165) is 45.8 Å². The van der Waals surface area contributed by atoms with E-state index in [4.69, 9.17) is 19.3 Å². The molecule has 12 amide bonds. The van der Waals surface area contributed by atoms with Gasteiger partial charge in [0, 0.05) is 74.2 Å². The van der Waals surface area contributed by atoms with Crippen molar-refractivity contribution < 1.29 is 136 Å². The van der Waals surface area contributed by atoms with E-state index in [-0.39, 0.29) is 110 Å². The molecule has 42 nitrogen and oxygen atoms in total. The Balaban J connectivity index is 1.29. The summed E-state index contributed by atoms with van der Waals surface area (Å²) >= 11 is 1.000. The number of aromatic hydroxyl groups is 1. The van der Waals surface area contributed by atoms with E-state index in [1.165, 1.54) is 60.5 Å². The Bertz CT molecular complexity index is 4110. The van der Waals surface area contributed by atoms with E-state index in [2.05, 4.69) is 58.4 Å². The number of ether oxygens (including phenoxy) is 3. The topological polar surface area (TPSA) is 628 Å². The van der Waals surface area contributed by atoms with Crippen LogP contribution in [0.1, 0.15) is 183 Å². The van der Waals surface area contributed by atoms with Gasteiger partial charge in [0.2, 0.25) is 35.4 Å². The Hall–Kier alpha value is -11.6. The zero-order valence-corrected chi connectivity index (χ0v) is 71.9. The molecule has 0 saturated carbocycles. The number of likely N-dealkylation sites (N-methyl/N-ethyl adjacent to an activating group) is 1. The molecule has 0 aliphatic carbocycles. The molecule has 680 valence electrons. The summed E-state index contributed by atoms with van der Waals surface area (Å²) < 4.78 is 16.7. The lowest BCUT2D eigenvalue weighted by atomic mass is 9.92. The summed E-state index contributed by atoms with van der Waals surface area (Å²) in [6.07, 6.45) is -2.14. The van der Waals surface area contributed by atoms with Gasteiger partial charge in [-0.15, -0.1) is 11.3 Å². The van der Waals surface area contributed by atoms with Gasteiger partial charge in [-0.25, -0.2) is 39.2 Å². The van der Waals surface area contributed by atoms with Crippen molar-refractivity contribution in [2.75, 3.05) is 45.0 Å². The fraction of sp³-hybridized carbons (Fsp3) is 0.577. The number of hydrogen-bond donors (Lipinski definition) is 18. The average Bonchev–Trinajstić information content (AvgIpc) is 1.60. The highest BCUT2D eigenvalue weighted by Gasteiger charge is 2.41. The number of phenols is 1. The van der Waals surface area contributed by atoms with Crippen LogP contribution in [0.25, 0.3) is 0 Å². The number of esters is 2. The van der Waals surface area contributed by atoms with Crippen molar-refractivity contribution in [1.29, 1.82) is 0 Å². The molecule has 4 rings (SSSR count). The van der Waals surface area contributed by atoms with Crippen LogP contribution in [0.15, 0.2) is 53.9 Å². The fourth-order valence-corrected chi connectivity index (χ4v) is 15.3. The third-order valence-corrected chi connectivity index (χ3v) is 22.6. The lowest BCUT2D eigenvalue weighted by molar-refractivity contribution is -0.161. The lowest BCUT2D eigenvalue weighted by Crippen LogP contribution is -2.59. The SMILES string of the molecule is CCCC(=O)OCN(C(=O)C(NC(=O)C1CCCCN1C)C(C)CC)C(CC(OC(C)=O)c1nc(C(=O)NC(Cc2ccc(O)cc2)CC(C)C(=O)NNC(=O)OCCSSCC(NC(=O)C(CC(=O)O)NC(=O)C(CC(=O)O)NC(=O)Cc2ccc(CNC(=O)NCCCCC(NC(=O)NC(CCC(=O)O)C(=O)O)C(=O)O)cc2)C(=O)O)cs1)C(C)C. The number of carboxylic acids is 6. The normalized spacial score (nSPS) is 15.2. The number of benzene rings is 2. The molecule has 1 fully saturated rings. The van der Waals surface area contributed by atoms with Gasteiger partial charge in [-0.1, -0.05) is 112 Å². The van der Waals surface area contributed by atoms with Crippen LogP contribution in [-0.2, 0) is 101 Å². The fourth-order valence-electron chi connectivity index (χ4n) is 12.4. The number of aromatic nitrogens is 1. The van der Waals surface area contributed by atoms with Crippen molar-refractivity contribution in [3.63, 3.8) is 0 Å². The maximum Gasteiger partial charge on any atom is 0.426 e. The highest BCUT2D eigenvalue weighted by Crippen LogP contribution is 2.33. The number of carbonyl (C=O) groups excluding carboxylic acids is 12. The third-order valence-electron chi connectivity index (χ3n) is 19.3. The second-order valence-electron chi connectivity index (χ2n) is 29.5. The first kappa shape index (κ1) is 104. The predicted molar refractivity (Wildman–Crippen MR) is 442 cm³/mol. The number of nitrogens with zero attached hydrogens (tertiary/aromatic N) is 3. The second kappa shape index (κ2) is 54.0. The number of amides is 12. The largest absolute Gasteiger partial charge is 0.508 e. The molecule has 18 N–H and O–H groups in total. The smallest absolute Gasteiger partial charge is 0.426 e. The average molecular weight is 1790 g/mol. The number of thiazole rings is 1. The summed E-state index contributed by atoms with van der Waals surface area (Å²) in [5.74, 6) is -18.2. The molecule has 3 aromatic rings. The van der Waals surface area contributed by atoms with Crippen LogP contribution in [-0.4, -0.2) is 257 Å². The molecule has 1 saturated heterocycles. The van der Waals surface area contributed by atoms with Crippen molar-refractivity contribution >= 4 is 140 Å². The van der Waals surface area contributed by atoms with Gasteiger partial charge in [0.15, 0.2) is 12.8 Å². The highest BCUT2D eigenvalue weighted by atomic mass is 33.1. The number of aliphatic carboxylic acids is 6. The summed E-state index contributed by atoms with van der Waals surface area (Å²) in [6.45, 7) is 11.9. The maximum atomic E-state index is 15.0. The summed E-state index contributed by atoms with van der Waals surface area (Å²) in [4.78, 5) is 238. The number of carbonyl (C=O) groups is 18. The molecule has 12 atom stereocenters. The molecule has 1 aromatic heterocycles. The van der Waals surface area contributed by atoms with Gasteiger partial charge in [-0.05, 0) is 112 Å². The first-order chi connectivity index (χ1) is 58.2. The number of piperidine rings is 1.